The van der Waals surface area contributed by atoms with E-state index < -0.39 is 18.9 Å². The molecule has 0 bridgehead atoms. The van der Waals surface area contributed by atoms with Gasteiger partial charge in [0.05, 0.1) is 6.61 Å². The Morgan fingerprint density at radius 3 is 3.00 bits per heavy atom. The van der Waals surface area contributed by atoms with E-state index in [0.29, 0.717) is 0 Å². The van der Waals surface area contributed by atoms with E-state index in [2.05, 4.69) is 9.84 Å². The number of aromatic nitrogens is 2. The minimum atomic E-state index is -2.54. The van der Waals surface area contributed by atoms with Gasteiger partial charge in [-0.2, -0.15) is 5.10 Å². The molecular weight excluding hydrogens is 194 g/mol. The van der Waals surface area contributed by atoms with Crippen molar-refractivity contribution < 1.29 is 18.3 Å². The molecule has 4 nitrogen and oxygen atoms in total. The van der Waals surface area contributed by atoms with Crippen LogP contribution in [0.3, 0.4) is 0 Å². The number of carbonyl (C=O) groups is 1. The van der Waals surface area contributed by atoms with Crippen molar-refractivity contribution in [1.82, 2.24) is 9.78 Å². The number of esters is 1. The van der Waals surface area contributed by atoms with E-state index in [1.165, 1.54) is 12.3 Å². The van der Waals surface area contributed by atoms with Gasteiger partial charge in [0.1, 0.15) is 12.2 Å². The van der Waals surface area contributed by atoms with Crippen molar-refractivity contribution in [2.75, 3.05) is 6.61 Å². The van der Waals surface area contributed by atoms with Gasteiger partial charge in [-0.1, -0.05) is 0 Å². The Labute approximate surface area is 79.5 Å². The zero-order valence-corrected chi connectivity index (χ0v) is 7.61. The first-order valence-electron chi connectivity index (χ1n) is 4.12. The van der Waals surface area contributed by atoms with Gasteiger partial charge in [0.2, 0.25) is 0 Å². The lowest BCUT2D eigenvalue weighted by atomic mass is 10.4. The summed E-state index contributed by atoms with van der Waals surface area (Å²) < 4.78 is 29.6. The van der Waals surface area contributed by atoms with Gasteiger partial charge in [0.25, 0.3) is 6.43 Å². The van der Waals surface area contributed by atoms with Crippen LogP contribution in [0, 0.1) is 0 Å². The Bertz CT molecular complexity index is 312. The normalized spacial score (nSPS) is 10.6. The molecule has 0 aliphatic rings. The zero-order chi connectivity index (χ0) is 10.6. The summed E-state index contributed by atoms with van der Waals surface area (Å²) in [4.78, 5) is 11.2. The number of alkyl halides is 2. The van der Waals surface area contributed by atoms with Crippen LogP contribution in [-0.2, 0) is 11.3 Å². The minimum Gasteiger partial charge on any atom is -0.461 e. The minimum absolute atomic E-state index is 0.0483. The molecule has 0 saturated heterocycles. The van der Waals surface area contributed by atoms with Crippen LogP contribution < -0.4 is 0 Å². The van der Waals surface area contributed by atoms with Crippen LogP contribution in [0.2, 0.25) is 0 Å². The quantitative estimate of drug-likeness (QED) is 0.695. The number of hydrogen-bond acceptors (Lipinski definition) is 3. The van der Waals surface area contributed by atoms with E-state index in [0.717, 1.165) is 4.68 Å². The van der Waals surface area contributed by atoms with Gasteiger partial charge in [-0.3, -0.25) is 4.68 Å². The summed E-state index contributed by atoms with van der Waals surface area (Å²) in [7, 11) is 0. The lowest BCUT2D eigenvalue weighted by molar-refractivity contribution is 0.0502. The molecule has 14 heavy (non-hydrogen) atoms. The second-order valence-electron chi connectivity index (χ2n) is 2.51. The molecule has 1 aromatic rings. The van der Waals surface area contributed by atoms with Crippen molar-refractivity contribution in [1.29, 1.82) is 0 Å². The molecule has 1 heterocycles. The summed E-state index contributed by atoms with van der Waals surface area (Å²) in [6, 6.07) is 1.35. The van der Waals surface area contributed by atoms with Gasteiger partial charge in [-0.05, 0) is 13.0 Å². The average molecular weight is 204 g/mol. The standard InChI is InChI=1S/C8H10F2N2O2/c1-2-14-8(13)6-3-4-11-12(6)5-7(9)10/h3-4,7H,2,5H2,1H3. The maximum Gasteiger partial charge on any atom is 0.356 e. The van der Waals surface area contributed by atoms with Crippen LogP contribution in [0.5, 0.6) is 0 Å². The fourth-order valence-corrected chi connectivity index (χ4v) is 0.987. The van der Waals surface area contributed by atoms with Gasteiger partial charge in [0, 0.05) is 6.20 Å². The fraction of sp³-hybridized carbons (Fsp3) is 0.500. The summed E-state index contributed by atoms with van der Waals surface area (Å²) in [5.41, 5.74) is 0.0483. The summed E-state index contributed by atoms with van der Waals surface area (Å²) in [5.74, 6) is -0.634. The monoisotopic (exact) mass is 204 g/mol. The molecule has 0 N–H and O–H groups in total. The molecule has 0 radical (unpaired) electrons. The number of hydrogen-bond donors (Lipinski definition) is 0. The SMILES string of the molecule is CCOC(=O)c1ccnn1CC(F)F. The van der Waals surface area contributed by atoms with Crippen LogP contribution in [0.15, 0.2) is 12.3 Å². The molecule has 0 saturated carbocycles. The van der Waals surface area contributed by atoms with Crippen molar-refractivity contribution in [2.45, 2.75) is 19.9 Å². The fourth-order valence-electron chi connectivity index (χ4n) is 0.987. The topological polar surface area (TPSA) is 44.1 Å². The third kappa shape index (κ3) is 2.51. The lowest BCUT2D eigenvalue weighted by Gasteiger charge is -2.05. The van der Waals surface area contributed by atoms with Gasteiger partial charge in [-0.15, -0.1) is 0 Å². The second kappa shape index (κ2) is 4.69. The summed E-state index contributed by atoms with van der Waals surface area (Å²) in [5, 5.41) is 3.60. The Hall–Kier alpha value is -1.46. The molecule has 0 spiro atoms. The van der Waals surface area contributed by atoms with Gasteiger partial charge in [0.15, 0.2) is 0 Å². The van der Waals surface area contributed by atoms with Gasteiger partial charge < -0.3 is 4.74 Å². The van der Waals surface area contributed by atoms with Gasteiger partial charge >= 0.3 is 5.97 Å². The highest BCUT2D eigenvalue weighted by atomic mass is 19.3. The Morgan fingerprint density at radius 2 is 2.43 bits per heavy atom. The van der Waals surface area contributed by atoms with Crippen molar-refractivity contribution in [3.05, 3.63) is 18.0 Å². The van der Waals surface area contributed by atoms with E-state index in [1.54, 1.807) is 6.92 Å². The number of ether oxygens (including phenoxy) is 1. The highest BCUT2D eigenvalue weighted by molar-refractivity contribution is 5.87. The summed E-state index contributed by atoms with van der Waals surface area (Å²) in [6.07, 6.45) is -1.25. The molecule has 0 atom stereocenters. The molecule has 78 valence electrons. The lowest BCUT2D eigenvalue weighted by Crippen LogP contribution is -2.16. The average Bonchev–Trinajstić information content (AvgIpc) is 2.51. The molecule has 6 heteroatoms. The van der Waals surface area contributed by atoms with Crippen molar-refractivity contribution in [2.24, 2.45) is 0 Å². The van der Waals surface area contributed by atoms with Crippen LogP contribution >= 0.6 is 0 Å². The molecule has 0 unspecified atom stereocenters. The van der Waals surface area contributed by atoms with E-state index in [1.807, 2.05) is 0 Å². The maximum absolute atomic E-state index is 12.0. The Balaban J connectivity index is 2.76. The third-order valence-corrected chi connectivity index (χ3v) is 1.51. The number of rotatable bonds is 4. The van der Waals surface area contributed by atoms with Crippen LogP contribution in [0.4, 0.5) is 8.78 Å². The van der Waals surface area contributed by atoms with Crippen LogP contribution in [-0.4, -0.2) is 28.8 Å². The maximum atomic E-state index is 12.0. The molecule has 0 amide bonds. The first-order valence-corrected chi connectivity index (χ1v) is 4.12. The highest BCUT2D eigenvalue weighted by Crippen LogP contribution is 2.05. The van der Waals surface area contributed by atoms with E-state index >= 15 is 0 Å². The van der Waals surface area contributed by atoms with E-state index in [-0.39, 0.29) is 12.3 Å². The first kappa shape index (κ1) is 10.6. The smallest absolute Gasteiger partial charge is 0.356 e. The molecule has 1 rings (SSSR count). The van der Waals surface area contributed by atoms with E-state index in [4.69, 9.17) is 0 Å². The van der Waals surface area contributed by atoms with Crippen LogP contribution in [0.1, 0.15) is 17.4 Å². The molecule has 1 aromatic heterocycles. The predicted octanol–water partition coefficient (Wildman–Crippen LogP) is 1.32. The number of halogens is 2. The zero-order valence-electron chi connectivity index (χ0n) is 7.61. The highest BCUT2D eigenvalue weighted by Gasteiger charge is 2.15. The molecule has 0 aliphatic heterocycles. The largest absolute Gasteiger partial charge is 0.461 e. The molecule has 0 fully saturated rings. The Morgan fingerprint density at radius 1 is 1.71 bits per heavy atom. The van der Waals surface area contributed by atoms with Crippen molar-refractivity contribution >= 4 is 5.97 Å². The molecular formula is C8H10F2N2O2. The predicted molar refractivity (Wildman–Crippen MR) is 44.2 cm³/mol. The van der Waals surface area contributed by atoms with Crippen molar-refractivity contribution in [3.63, 3.8) is 0 Å². The summed E-state index contributed by atoms with van der Waals surface area (Å²) >= 11 is 0. The molecule has 0 aromatic carbocycles. The number of carbonyl (C=O) groups excluding carboxylic acids is 1. The van der Waals surface area contributed by atoms with E-state index in [9.17, 15) is 13.6 Å². The Kier molecular flexibility index (Phi) is 3.55. The molecule has 0 aliphatic carbocycles. The van der Waals surface area contributed by atoms with Crippen LogP contribution in [0.25, 0.3) is 0 Å². The van der Waals surface area contributed by atoms with Crippen molar-refractivity contribution in [3.8, 4) is 0 Å². The van der Waals surface area contributed by atoms with Gasteiger partial charge in [-0.25, -0.2) is 13.6 Å². The third-order valence-electron chi connectivity index (χ3n) is 1.51. The first-order chi connectivity index (χ1) is 6.65. The number of nitrogens with zero attached hydrogens (tertiary/aromatic N) is 2. The second-order valence-corrected chi connectivity index (χ2v) is 2.51. The summed E-state index contributed by atoms with van der Waals surface area (Å²) in [6.45, 7) is 1.26.